The molecular weight excluding hydrogens is 563 g/mol. The minimum absolute atomic E-state index is 0.204. The highest BCUT2D eigenvalue weighted by molar-refractivity contribution is 6.45. The third-order valence-electron chi connectivity index (χ3n) is 8.15. The summed E-state index contributed by atoms with van der Waals surface area (Å²) < 4.78 is 33.4. The van der Waals surface area contributed by atoms with Gasteiger partial charge in [-0.3, -0.25) is 0 Å². The molecule has 45 heavy (non-hydrogen) atoms. The zero-order valence-corrected chi connectivity index (χ0v) is 26.1. The maximum atomic E-state index is 15.2. The predicted molar refractivity (Wildman–Crippen MR) is 185 cm³/mol. The normalized spacial score (nSPS) is 13.8. The summed E-state index contributed by atoms with van der Waals surface area (Å²) >= 11 is 0. The minimum Gasteiger partial charge on any atom is -0.378 e. The predicted octanol–water partition coefficient (Wildman–Crippen LogP) is 8.04. The Morgan fingerprint density at radius 1 is 0.644 bits per heavy atom. The summed E-state index contributed by atoms with van der Waals surface area (Å²) in [7, 11) is 7.06. The van der Waals surface area contributed by atoms with E-state index in [-0.39, 0.29) is 5.84 Å². The van der Waals surface area contributed by atoms with Crippen molar-refractivity contribution in [2.45, 2.75) is 0 Å². The zero-order chi connectivity index (χ0) is 31.7. The van der Waals surface area contributed by atoms with E-state index >= 15 is 8.63 Å². The van der Waals surface area contributed by atoms with Crippen LogP contribution in [0.5, 0.6) is 0 Å². The van der Waals surface area contributed by atoms with Crippen LogP contribution in [0.2, 0.25) is 0 Å². The second kappa shape index (κ2) is 12.4. The molecule has 5 nitrogen and oxygen atoms in total. The molecule has 0 saturated carbocycles. The van der Waals surface area contributed by atoms with Crippen LogP contribution in [0.1, 0.15) is 11.1 Å². The number of halogens is 2. The van der Waals surface area contributed by atoms with Crippen molar-refractivity contribution >= 4 is 41.7 Å². The Balaban J connectivity index is 1.59. The molecule has 0 aliphatic carbocycles. The number of benzene rings is 4. The summed E-state index contributed by atoms with van der Waals surface area (Å²) in [5, 5.41) is 0. The molecule has 0 spiro atoms. The molecule has 1 aliphatic heterocycles. The first kappa shape index (κ1) is 29.8. The van der Waals surface area contributed by atoms with Crippen LogP contribution in [-0.4, -0.2) is 56.2 Å². The number of rotatable bonds is 8. The van der Waals surface area contributed by atoms with Crippen LogP contribution in [0.15, 0.2) is 126 Å². The molecule has 0 unspecified atom stereocenters. The van der Waals surface area contributed by atoms with Gasteiger partial charge in [-0.1, -0.05) is 72.8 Å². The van der Waals surface area contributed by atoms with Crippen LogP contribution in [0.4, 0.5) is 25.8 Å². The highest BCUT2D eigenvalue weighted by atomic mass is 19.2. The van der Waals surface area contributed by atoms with E-state index in [0.29, 0.717) is 22.7 Å². The number of hydrogen-bond donors (Lipinski definition) is 0. The van der Waals surface area contributed by atoms with Gasteiger partial charge in [-0.25, -0.2) is 13.1 Å². The molecule has 0 radical (unpaired) electrons. The van der Waals surface area contributed by atoms with Gasteiger partial charge in [-0.05, 0) is 64.1 Å². The number of aliphatic imine (C=N–C) groups is 1. The molecule has 4 aromatic carbocycles. The van der Waals surface area contributed by atoms with Gasteiger partial charge >= 0.3 is 13.2 Å². The van der Waals surface area contributed by atoms with Crippen molar-refractivity contribution in [2.75, 3.05) is 38.0 Å². The van der Waals surface area contributed by atoms with Crippen LogP contribution in [-0.2, 0) is 7.05 Å². The molecule has 224 valence electrons. The van der Waals surface area contributed by atoms with E-state index in [1.165, 1.54) is 0 Å². The summed E-state index contributed by atoms with van der Waals surface area (Å²) in [6.45, 7) is 0. The number of hydrogen-bond acceptors (Lipinski definition) is 3. The maximum absolute atomic E-state index is 15.2. The van der Waals surface area contributed by atoms with E-state index in [4.69, 9.17) is 4.99 Å². The first-order valence-electron chi connectivity index (χ1n) is 14.8. The van der Waals surface area contributed by atoms with Gasteiger partial charge in [-0.2, -0.15) is 0 Å². The van der Waals surface area contributed by atoms with E-state index in [9.17, 15) is 0 Å². The van der Waals surface area contributed by atoms with Gasteiger partial charge in [0.05, 0.1) is 16.8 Å². The van der Waals surface area contributed by atoms with E-state index in [2.05, 4.69) is 35.2 Å². The molecule has 1 aromatic heterocycles. The molecule has 8 heteroatoms. The fourth-order valence-electron chi connectivity index (χ4n) is 5.68. The van der Waals surface area contributed by atoms with Gasteiger partial charge in [0.1, 0.15) is 5.71 Å². The molecule has 0 amide bonds. The molecule has 5 aromatic rings. The Bertz CT molecular complexity index is 1910. The summed E-state index contributed by atoms with van der Waals surface area (Å²) in [4.78, 5) is 9.17. The van der Waals surface area contributed by atoms with Crippen molar-refractivity contribution in [1.29, 1.82) is 0 Å². The van der Waals surface area contributed by atoms with Crippen molar-refractivity contribution in [3.8, 4) is 22.4 Å². The largest absolute Gasteiger partial charge is 0.809 e. The van der Waals surface area contributed by atoms with Crippen molar-refractivity contribution in [2.24, 2.45) is 12.0 Å². The Labute approximate surface area is 263 Å². The molecule has 0 saturated heterocycles. The number of allylic oxidation sites excluding steroid dienone is 1. The first-order chi connectivity index (χ1) is 21.7. The van der Waals surface area contributed by atoms with Gasteiger partial charge in [0.2, 0.25) is 0 Å². The molecule has 0 atom stereocenters. The summed E-state index contributed by atoms with van der Waals surface area (Å²) in [6.07, 6.45) is 1.83. The van der Waals surface area contributed by atoms with Crippen molar-refractivity contribution in [3.05, 3.63) is 132 Å². The summed E-state index contributed by atoms with van der Waals surface area (Å²) in [5.74, 6) is 0.801. The van der Waals surface area contributed by atoms with Crippen LogP contribution in [0.25, 0.3) is 28.0 Å². The third-order valence-corrected chi connectivity index (χ3v) is 8.15. The monoisotopic (exact) mass is 598 g/mol. The third kappa shape index (κ3) is 5.83. The number of amidine groups is 1. The van der Waals surface area contributed by atoms with Gasteiger partial charge in [0.15, 0.2) is 0 Å². The topological polar surface area (TPSA) is 26.8 Å². The molecule has 2 heterocycles. The van der Waals surface area contributed by atoms with Gasteiger partial charge < -0.3 is 14.4 Å². The first-order valence-corrected chi connectivity index (χ1v) is 14.8. The molecule has 0 N–H and O–H groups in total. The second-order valence-electron chi connectivity index (χ2n) is 11.5. The lowest BCUT2D eigenvalue weighted by atomic mass is 10.0. The Hall–Kier alpha value is -5.24. The SMILES string of the molecule is CN(C)c1ccc(C2=[N+](B(F)F)C(=Nc3c(-c4ccccc4)cc(-c4ccc(N(C)C)cc4)n3C)C(c3ccccc3)=C2)cc1. The highest BCUT2D eigenvalue weighted by Gasteiger charge is 2.43. The number of nitrogens with zero attached hydrogens (tertiary/aromatic N) is 5. The average Bonchev–Trinajstić information content (AvgIpc) is 3.60. The van der Waals surface area contributed by atoms with Crippen LogP contribution in [0.3, 0.4) is 0 Å². The molecule has 1 aliphatic rings. The van der Waals surface area contributed by atoms with Crippen LogP contribution in [0, 0.1) is 0 Å². The van der Waals surface area contributed by atoms with Gasteiger partial charge in [-0.15, -0.1) is 0 Å². The lowest BCUT2D eigenvalue weighted by molar-refractivity contribution is -0.268. The molecule has 0 bridgehead atoms. The van der Waals surface area contributed by atoms with E-state index in [1.54, 1.807) is 0 Å². The summed E-state index contributed by atoms with van der Waals surface area (Å²) in [6, 6.07) is 37.6. The standard InChI is InChI=1S/C37H35BF2N5/c1-42(2)30-20-16-28(17-21-30)34-24-32(26-12-8-6-9-13-26)36(44(34)5)41-37-33(27-14-10-7-11-15-27)25-35(45(37)38(39)40)29-18-22-31(23-19-29)43(3)4/h6-25H,1-5H3/q+1. The smallest absolute Gasteiger partial charge is 0.378 e. The Morgan fingerprint density at radius 2 is 1.16 bits per heavy atom. The van der Waals surface area contributed by atoms with Gasteiger partial charge in [0, 0.05) is 58.3 Å². The van der Waals surface area contributed by atoms with Gasteiger partial charge in [0.25, 0.3) is 5.82 Å². The average molecular weight is 599 g/mol. The summed E-state index contributed by atoms with van der Waals surface area (Å²) in [5.41, 5.74) is 8.40. The Morgan fingerprint density at radius 3 is 1.67 bits per heavy atom. The Kier molecular flexibility index (Phi) is 8.22. The fraction of sp³-hybridized carbons (Fsp3) is 0.135. The number of aromatic nitrogens is 1. The fourth-order valence-corrected chi connectivity index (χ4v) is 5.68. The second-order valence-corrected chi connectivity index (χ2v) is 11.5. The molecule has 0 fully saturated rings. The lowest BCUT2D eigenvalue weighted by Crippen LogP contribution is -2.31. The lowest BCUT2D eigenvalue weighted by Gasteiger charge is -2.13. The number of anilines is 2. The molecule has 6 rings (SSSR count). The van der Waals surface area contributed by atoms with Crippen LogP contribution < -0.4 is 9.80 Å². The zero-order valence-electron chi connectivity index (χ0n) is 26.1. The molecular formula is C37H35BF2N5+. The maximum Gasteiger partial charge on any atom is 0.809 e. The van der Waals surface area contributed by atoms with Crippen molar-refractivity contribution in [1.82, 2.24) is 4.57 Å². The highest BCUT2D eigenvalue weighted by Crippen LogP contribution is 2.39. The van der Waals surface area contributed by atoms with Crippen LogP contribution >= 0.6 is 0 Å². The van der Waals surface area contributed by atoms with Crippen molar-refractivity contribution < 1.29 is 13.1 Å². The quantitative estimate of drug-likeness (QED) is 0.169. The van der Waals surface area contributed by atoms with E-state index < -0.39 is 7.40 Å². The van der Waals surface area contributed by atoms with Crippen molar-refractivity contribution in [3.63, 3.8) is 0 Å². The van der Waals surface area contributed by atoms with E-state index in [1.807, 2.05) is 136 Å². The van der Waals surface area contributed by atoms with E-state index in [0.717, 1.165) is 43.8 Å². The minimum atomic E-state index is -2.82.